The molecule has 10 nitrogen and oxygen atoms in total. The SMILES string of the molecule is Cc1cccc(C)n1.Cn1ccnc1.[C-]#[O+].[Re].c1cnn([B-](n2cccn2)n2cccn2)c1. The summed E-state index contributed by atoms with van der Waals surface area (Å²) >= 11 is 0. The van der Waals surface area contributed by atoms with Gasteiger partial charge in [-0.25, -0.2) is 20.3 Å². The van der Waals surface area contributed by atoms with Gasteiger partial charge in [-0.05, 0) is 62.8 Å². The summed E-state index contributed by atoms with van der Waals surface area (Å²) in [5.74, 6) is 0. The van der Waals surface area contributed by atoms with E-state index in [1.807, 2.05) is 86.6 Å². The minimum atomic E-state index is -0.194. The summed E-state index contributed by atoms with van der Waals surface area (Å²) in [5, 5.41) is 12.7. The predicted molar refractivity (Wildman–Crippen MR) is 119 cm³/mol. The van der Waals surface area contributed by atoms with Crippen LogP contribution >= 0.6 is 0 Å². The molecule has 0 aliphatic heterocycles. The molecule has 170 valence electrons. The molecule has 5 heterocycles. The molecule has 5 aromatic rings. The quantitative estimate of drug-likeness (QED) is 0.176. The fraction of sp³-hybridized carbons (Fsp3) is 0.143. The molecule has 0 bridgehead atoms. The van der Waals surface area contributed by atoms with Crippen LogP contribution in [0.25, 0.3) is 0 Å². The second-order valence-corrected chi connectivity index (χ2v) is 6.45. The molecule has 0 atom stereocenters. The largest absolute Gasteiger partial charge is 0.425 e. The van der Waals surface area contributed by atoms with Gasteiger partial charge in [0.2, 0.25) is 0 Å². The fourth-order valence-corrected chi connectivity index (χ4v) is 2.62. The topological polar surface area (TPSA) is 104 Å². The van der Waals surface area contributed by atoms with Gasteiger partial charge in [-0.1, -0.05) is 6.07 Å². The molecular formula is C21H24BN9ORe-. The van der Waals surface area contributed by atoms with Gasteiger partial charge in [0.25, 0.3) is 7.12 Å². The van der Waals surface area contributed by atoms with E-state index in [0.717, 1.165) is 11.4 Å². The van der Waals surface area contributed by atoms with Gasteiger partial charge in [-0.2, -0.15) is 0 Å². The first-order chi connectivity index (χ1) is 15.6. The van der Waals surface area contributed by atoms with Crippen LogP contribution in [0.1, 0.15) is 11.4 Å². The Bertz CT molecular complexity index is 1030. The van der Waals surface area contributed by atoms with Crippen LogP contribution in [0.5, 0.6) is 0 Å². The summed E-state index contributed by atoms with van der Waals surface area (Å²) in [4.78, 5) is 7.96. The maximum Gasteiger partial charge on any atom is 0.260 e. The van der Waals surface area contributed by atoms with E-state index in [4.69, 9.17) is 4.65 Å². The average Bonchev–Trinajstić information content (AvgIpc) is 3.60. The summed E-state index contributed by atoms with van der Waals surface area (Å²) in [7, 11) is 1.74. The zero-order valence-electron chi connectivity index (χ0n) is 18.5. The molecular weight excluding hydrogens is 591 g/mol. The van der Waals surface area contributed by atoms with Crippen LogP contribution in [0.2, 0.25) is 0 Å². The van der Waals surface area contributed by atoms with E-state index in [2.05, 4.69) is 31.9 Å². The third-order valence-corrected chi connectivity index (χ3v) is 3.95. The van der Waals surface area contributed by atoms with Crippen molar-refractivity contribution >= 4 is 7.12 Å². The minimum absolute atomic E-state index is 0. The molecule has 33 heavy (non-hydrogen) atoms. The summed E-state index contributed by atoms with van der Waals surface area (Å²) in [6.45, 7) is 8.49. The standard InChI is InChI=1S/C9H9BN6.C7H9N.C4H6N2.CO.Re/c1-4-11-14(7-1)10(15-8-2-5-12-15)16-9-3-6-13-16;1-6-4-3-5-7(2)8-6;1-6-3-2-5-4-6;1-2;/h1-9H;3-5H,1-2H3;2-4H,1H3;;/q-1;;;;. The Labute approximate surface area is 206 Å². The molecule has 5 rings (SSSR count). The van der Waals surface area contributed by atoms with E-state index >= 15 is 0 Å². The van der Waals surface area contributed by atoms with Crippen LogP contribution in [0, 0.1) is 20.5 Å². The molecule has 0 N–H and O–H groups in total. The van der Waals surface area contributed by atoms with Gasteiger partial charge in [0.1, 0.15) is 0 Å². The summed E-state index contributed by atoms with van der Waals surface area (Å²) in [6.07, 6.45) is 16.2. The maximum atomic E-state index is 7.50. The number of rotatable bonds is 3. The van der Waals surface area contributed by atoms with Crippen LogP contribution in [0.3, 0.4) is 0 Å². The summed E-state index contributed by atoms with van der Waals surface area (Å²) in [5.41, 5.74) is 2.18. The summed E-state index contributed by atoms with van der Waals surface area (Å²) in [6, 6.07) is 11.6. The Morgan fingerprint density at radius 1 is 0.727 bits per heavy atom. The average molecular weight is 616 g/mol. The molecule has 0 spiro atoms. The van der Waals surface area contributed by atoms with Crippen molar-refractivity contribution in [3.05, 3.63) is 110 Å². The van der Waals surface area contributed by atoms with E-state index < -0.39 is 0 Å². The molecule has 0 fully saturated rings. The number of aromatic nitrogens is 9. The molecule has 12 heteroatoms. The minimum Gasteiger partial charge on any atom is -0.425 e. The van der Waals surface area contributed by atoms with Crippen LogP contribution in [-0.2, 0) is 32.1 Å². The van der Waals surface area contributed by atoms with Gasteiger partial charge in [-0.15, -0.1) is 0 Å². The molecule has 0 unspecified atom stereocenters. The number of aryl methyl sites for hydroxylation is 3. The zero-order valence-corrected chi connectivity index (χ0v) is 21.3. The summed E-state index contributed by atoms with van der Waals surface area (Å²) < 4.78 is 14.8. The van der Waals surface area contributed by atoms with Crippen molar-refractivity contribution in [1.29, 1.82) is 0 Å². The van der Waals surface area contributed by atoms with Gasteiger partial charge in [0, 0.05) is 69.8 Å². The van der Waals surface area contributed by atoms with E-state index in [9.17, 15) is 0 Å². The second kappa shape index (κ2) is 15.3. The van der Waals surface area contributed by atoms with Gasteiger partial charge >= 0.3 is 11.3 Å². The maximum absolute atomic E-state index is 7.50. The molecule has 0 aliphatic carbocycles. The predicted octanol–water partition coefficient (Wildman–Crippen LogP) is 2.28. The Hall–Kier alpha value is -3.54. The van der Waals surface area contributed by atoms with Gasteiger partial charge in [0.05, 0.1) is 6.33 Å². The Morgan fingerprint density at radius 2 is 1.18 bits per heavy atom. The van der Waals surface area contributed by atoms with Crippen LogP contribution in [-0.4, -0.2) is 50.7 Å². The Kier molecular flexibility index (Phi) is 12.7. The number of hydrogen-bond donors (Lipinski definition) is 0. The van der Waals surface area contributed by atoms with Crippen molar-refractivity contribution in [3.63, 3.8) is 0 Å². The zero-order chi connectivity index (χ0) is 23.2. The number of nitrogens with zero attached hydrogens (tertiary/aromatic N) is 9. The van der Waals surface area contributed by atoms with E-state index in [0.29, 0.717) is 0 Å². The third kappa shape index (κ3) is 9.23. The number of imidazole rings is 1. The number of hydrogen-bond acceptors (Lipinski definition) is 5. The van der Waals surface area contributed by atoms with Gasteiger partial charge in [-0.3, -0.25) is 4.98 Å². The monoisotopic (exact) mass is 616 g/mol. The first-order valence-electron chi connectivity index (χ1n) is 9.63. The molecule has 0 saturated heterocycles. The smallest absolute Gasteiger partial charge is 0.260 e. The molecule has 0 saturated carbocycles. The van der Waals surface area contributed by atoms with Crippen molar-refractivity contribution in [2.24, 2.45) is 7.05 Å². The van der Waals surface area contributed by atoms with E-state index in [1.54, 1.807) is 44.9 Å². The molecule has 0 amide bonds. The van der Waals surface area contributed by atoms with Gasteiger partial charge < -0.3 is 18.3 Å². The molecule has 2 radical (unpaired) electrons. The fourth-order valence-electron chi connectivity index (χ4n) is 2.62. The Morgan fingerprint density at radius 3 is 1.39 bits per heavy atom. The van der Waals surface area contributed by atoms with Crippen molar-refractivity contribution < 1.29 is 25.1 Å². The number of pyridine rings is 1. The van der Waals surface area contributed by atoms with Crippen molar-refractivity contribution in [2.45, 2.75) is 13.8 Å². The van der Waals surface area contributed by atoms with E-state index in [-0.39, 0.29) is 27.5 Å². The molecule has 0 aromatic carbocycles. The second-order valence-electron chi connectivity index (χ2n) is 6.45. The van der Waals surface area contributed by atoms with Crippen LogP contribution in [0.4, 0.5) is 0 Å². The van der Waals surface area contributed by atoms with Gasteiger partial charge in [0.15, 0.2) is 0 Å². The van der Waals surface area contributed by atoms with Crippen LogP contribution < -0.4 is 0 Å². The van der Waals surface area contributed by atoms with Crippen LogP contribution in [0.15, 0.2) is 92.3 Å². The normalized spacial score (nSPS) is 9.27. The Balaban J connectivity index is 0.000000269. The van der Waals surface area contributed by atoms with Crippen molar-refractivity contribution in [2.75, 3.05) is 0 Å². The van der Waals surface area contributed by atoms with E-state index in [1.165, 1.54) is 0 Å². The molecule has 0 aliphatic rings. The third-order valence-electron chi connectivity index (χ3n) is 3.95. The van der Waals surface area contributed by atoms with Crippen molar-refractivity contribution in [3.8, 4) is 0 Å². The first-order valence-corrected chi connectivity index (χ1v) is 9.63. The first kappa shape index (κ1) is 27.5. The van der Waals surface area contributed by atoms with Crippen molar-refractivity contribution in [1.82, 2.24) is 43.6 Å². The molecule has 5 aromatic heterocycles.